The number of rotatable bonds is 24. The molecule has 2 aromatic rings. The van der Waals surface area contributed by atoms with E-state index in [1.807, 2.05) is 36.4 Å². The van der Waals surface area contributed by atoms with Crippen molar-refractivity contribution in [3.63, 3.8) is 0 Å². The van der Waals surface area contributed by atoms with E-state index in [0.29, 0.717) is 0 Å². The van der Waals surface area contributed by atoms with Crippen molar-refractivity contribution < 1.29 is 119 Å². The third kappa shape index (κ3) is 16.3. The van der Waals surface area contributed by atoms with Gasteiger partial charge in [0.1, 0.15) is 91.9 Å². The molecule has 448 valence electrons. The molecule has 0 bridgehead atoms. The van der Waals surface area contributed by atoms with E-state index in [9.17, 15) is 99.6 Å². The predicted molar refractivity (Wildman–Crippen MR) is 267 cm³/mol. The van der Waals surface area contributed by atoms with Crippen LogP contribution in [-0.4, -0.2) is 259 Å². The highest BCUT2D eigenvalue weighted by atomic mass is 16.6. The lowest BCUT2D eigenvalue weighted by atomic mass is 9.98. The van der Waals surface area contributed by atoms with Crippen LogP contribution in [0.15, 0.2) is 48.5 Å². The molecule has 17 atom stereocenters. The Hall–Kier alpha value is -6.60. The van der Waals surface area contributed by atoms with E-state index in [4.69, 9.17) is 18.9 Å². The van der Waals surface area contributed by atoms with Crippen molar-refractivity contribution in [1.29, 1.82) is 0 Å². The van der Waals surface area contributed by atoms with Gasteiger partial charge in [0.2, 0.25) is 41.4 Å². The van der Waals surface area contributed by atoms with Gasteiger partial charge in [0.05, 0.1) is 39.5 Å². The van der Waals surface area contributed by atoms with E-state index < -0.39 is 223 Å². The van der Waals surface area contributed by atoms with Crippen LogP contribution in [0.4, 0.5) is 4.79 Å². The van der Waals surface area contributed by atoms with Gasteiger partial charge >= 0.3 is 6.09 Å². The summed E-state index contributed by atoms with van der Waals surface area (Å²) in [5.41, 5.74) is 3.46. The number of hydrogen-bond acceptors (Lipinski definition) is 24. The van der Waals surface area contributed by atoms with Gasteiger partial charge < -0.3 is 123 Å². The first kappa shape index (κ1) is 63.6. The van der Waals surface area contributed by atoms with E-state index >= 15 is 0 Å². The van der Waals surface area contributed by atoms with Crippen LogP contribution < -0.4 is 42.5 Å². The molecule has 0 spiro atoms. The Kier molecular flexibility index (Phi) is 23.1. The maximum Gasteiger partial charge on any atom is 0.407 e. The van der Waals surface area contributed by atoms with E-state index in [1.165, 1.54) is 0 Å². The molecular formula is C49H68N8O24. The summed E-state index contributed by atoms with van der Waals surface area (Å²) < 4.78 is 21.4. The van der Waals surface area contributed by atoms with Crippen molar-refractivity contribution in [2.45, 2.75) is 136 Å². The Balaban J connectivity index is 1.14. The zero-order chi connectivity index (χ0) is 59.2. The second-order valence-electron chi connectivity index (χ2n) is 19.4. The summed E-state index contributed by atoms with van der Waals surface area (Å²) >= 11 is 0. The molecule has 6 rings (SSSR count). The average molecular weight is 1150 g/mol. The van der Waals surface area contributed by atoms with Crippen molar-refractivity contribution in [1.82, 2.24) is 42.5 Å². The van der Waals surface area contributed by atoms with Gasteiger partial charge in [-0.15, -0.1) is 0 Å². The number of alkyl carbamates (subject to hydrolysis) is 1. The number of aliphatic hydroxyl groups excluding tert-OH is 12. The SMILES string of the molecule is O=C(CCC(NC(=O)OCC1c2ccccc2-c2ccccc21)C(=O)NC(CCC(=O)NCC(=O)N[C@@H]1OC(CO)[C@H](O)C(O)C1O)C(=O)NCC(=O)N[C@@H]1OC(CO)[C@H](O)C(O)C1O)NCC(=O)N[C@@H]1OC(CO)[C@H](O)C(O)C1O. The van der Waals surface area contributed by atoms with E-state index in [2.05, 4.69) is 42.5 Å². The fourth-order valence-corrected chi connectivity index (χ4v) is 9.26. The van der Waals surface area contributed by atoms with Gasteiger partial charge in [0.15, 0.2) is 18.7 Å². The molecule has 1 aliphatic carbocycles. The number of hydrogen-bond donors (Lipinski definition) is 20. The molecule has 8 amide bonds. The number of benzene rings is 2. The summed E-state index contributed by atoms with van der Waals surface area (Å²) in [6.07, 6.45) is -29.2. The maximum atomic E-state index is 14.3. The smallest absolute Gasteiger partial charge is 0.407 e. The van der Waals surface area contributed by atoms with Crippen molar-refractivity contribution in [2.75, 3.05) is 46.1 Å². The average Bonchev–Trinajstić information content (AvgIpc) is 3.89. The molecule has 32 heteroatoms. The van der Waals surface area contributed by atoms with E-state index in [0.717, 1.165) is 22.3 Å². The third-order valence-corrected chi connectivity index (χ3v) is 13.8. The maximum absolute atomic E-state index is 14.3. The molecule has 3 fully saturated rings. The molecule has 0 radical (unpaired) electrons. The van der Waals surface area contributed by atoms with Crippen LogP contribution in [0.2, 0.25) is 0 Å². The number of amides is 8. The summed E-state index contributed by atoms with van der Waals surface area (Å²) in [5, 5.41) is 138. The molecule has 3 aliphatic heterocycles. The molecule has 0 saturated carbocycles. The molecule has 3 heterocycles. The van der Waals surface area contributed by atoms with Crippen LogP contribution in [0.1, 0.15) is 42.7 Å². The van der Waals surface area contributed by atoms with Gasteiger partial charge in [0, 0.05) is 18.8 Å². The van der Waals surface area contributed by atoms with Gasteiger partial charge in [-0.05, 0) is 35.1 Å². The normalized spacial score (nSPS) is 29.5. The van der Waals surface area contributed by atoms with Gasteiger partial charge in [-0.3, -0.25) is 33.6 Å². The van der Waals surface area contributed by atoms with Crippen molar-refractivity contribution >= 4 is 47.4 Å². The third-order valence-electron chi connectivity index (χ3n) is 13.8. The molecule has 2 aromatic carbocycles. The number of nitrogens with one attached hydrogen (secondary N) is 8. The molecule has 4 aliphatic rings. The van der Waals surface area contributed by atoms with Crippen LogP contribution in [0.25, 0.3) is 11.1 Å². The number of aliphatic hydroxyl groups is 12. The molecule has 0 aromatic heterocycles. The summed E-state index contributed by atoms with van der Waals surface area (Å²) in [7, 11) is 0. The van der Waals surface area contributed by atoms with Crippen LogP contribution in [0, 0.1) is 0 Å². The minimum atomic E-state index is -1.91. The van der Waals surface area contributed by atoms with Crippen LogP contribution in [0.3, 0.4) is 0 Å². The zero-order valence-electron chi connectivity index (χ0n) is 43.1. The summed E-state index contributed by atoms with van der Waals surface area (Å²) in [4.78, 5) is 107. The summed E-state index contributed by atoms with van der Waals surface area (Å²) in [6.45, 7) is -5.20. The monoisotopic (exact) mass is 1150 g/mol. The highest BCUT2D eigenvalue weighted by Crippen LogP contribution is 2.44. The minimum absolute atomic E-state index is 0.246. The van der Waals surface area contributed by atoms with Gasteiger partial charge in [-0.1, -0.05) is 48.5 Å². The largest absolute Gasteiger partial charge is 0.449 e. The second kappa shape index (κ2) is 29.4. The molecule has 81 heavy (non-hydrogen) atoms. The fraction of sp³-hybridized carbons (Fsp3) is 0.592. The van der Waals surface area contributed by atoms with Crippen LogP contribution in [0.5, 0.6) is 0 Å². The Morgan fingerprint density at radius 2 is 0.802 bits per heavy atom. The molecule has 3 saturated heterocycles. The van der Waals surface area contributed by atoms with Crippen LogP contribution >= 0.6 is 0 Å². The Labute approximate surface area is 460 Å². The first-order valence-electron chi connectivity index (χ1n) is 25.6. The van der Waals surface area contributed by atoms with Gasteiger partial charge in [-0.2, -0.15) is 0 Å². The quantitative estimate of drug-likeness (QED) is 0.0464. The van der Waals surface area contributed by atoms with E-state index in [-0.39, 0.29) is 6.61 Å². The number of fused-ring (bicyclic) bond motifs is 3. The summed E-state index contributed by atoms with van der Waals surface area (Å²) in [6, 6.07) is 11.2. The Morgan fingerprint density at radius 1 is 0.444 bits per heavy atom. The number of carbonyl (C=O) groups is 8. The number of ether oxygens (including phenoxy) is 4. The van der Waals surface area contributed by atoms with Crippen molar-refractivity contribution in [3.05, 3.63) is 59.7 Å². The first-order valence-corrected chi connectivity index (χ1v) is 25.6. The second-order valence-corrected chi connectivity index (χ2v) is 19.4. The lowest BCUT2D eigenvalue weighted by molar-refractivity contribution is -0.235. The molecular weight excluding hydrogens is 1080 g/mol. The minimum Gasteiger partial charge on any atom is -0.449 e. The molecule has 32 nitrogen and oxygen atoms in total. The molecule has 20 N–H and O–H groups in total. The fourth-order valence-electron chi connectivity index (χ4n) is 9.26. The van der Waals surface area contributed by atoms with Crippen LogP contribution in [-0.2, 0) is 52.5 Å². The van der Waals surface area contributed by atoms with Gasteiger partial charge in [-0.25, -0.2) is 4.79 Å². The number of carbonyl (C=O) groups excluding carboxylic acids is 8. The standard InChI is InChI=1S/C49H68N8O24/c58-16-27-35(66)38(69)41(72)46(79-27)55-32(63)13-50-30(61)11-9-25(44(75)52-15-34(65)57-48-43(74)40(71)37(68)29(18-60)81-48)53-45(76)26(10-12-31(62)51-14-33(64)56-47-42(73)39(70)36(67)28(17-59)80-47)54-49(77)78-19-24-22-7-3-1-5-20(22)21-6-2-4-8-23(21)24/h1-8,24-29,35-43,46-48,58-60,66-74H,9-19H2,(H,50,61)(H,51,62)(H,52,75)(H,53,76)(H,54,77)(H,55,63)(H,56,64)(H,57,65)/t25?,26?,27?,28?,29?,35-,36-,37-,38?,39?,40?,41?,42?,43?,46+,47+,48+/m0/s1. The van der Waals surface area contributed by atoms with E-state index in [1.54, 1.807) is 12.1 Å². The van der Waals surface area contributed by atoms with Gasteiger partial charge in [0.25, 0.3) is 0 Å². The highest BCUT2D eigenvalue weighted by molar-refractivity contribution is 5.94. The first-order chi connectivity index (χ1) is 38.6. The zero-order valence-corrected chi connectivity index (χ0v) is 43.1. The lowest BCUT2D eigenvalue weighted by Gasteiger charge is -2.40. The van der Waals surface area contributed by atoms with Crippen molar-refractivity contribution in [2.24, 2.45) is 0 Å². The topological polar surface area (TPSA) is 512 Å². The lowest BCUT2D eigenvalue weighted by Crippen LogP contribution is -2.64. The highest BCUT2D eigenvalue weighted by Gasteiger charge is 2.46. The molecule has 11 unspecified atom stereocenters. The Morgan fingerprint density at radius 3 is 1.19 bits per heavy atom. The summed E-state index contributed by atoms with van der Waals surface area (Å²) in [5.74, 6) is -7.69. The Bertz CT molecular complexity index is 2480. The van der Waals surface area contributed by atoms with Crippen molar-refractivity contribution in [3.8, 4) is 11.1 Å². The predicted octanol–water partition coefficient (Wildman–Crippen LogP) is -9.96.